The number of hydrogen-bond acceptors (Lipinski definition) is 6. The van der Waals surface area contributed by atoms with Gasteiger partial charge in [0.05, 0.1) is 24.9 Å². The van der Waals surface area contributed by atoms with Crippen molar-refractivity contribution in [2.75, 3.05) is 11.9 Å². The van der Waals surface area contributed by atoms with Crippen molar-refractivity contribution in [2.24, 2.45) is 23.7 Å². The number of anilines is 1. The number of nitrogens with one attached hydrogen (secondary N) is 3. The minimum Gasteiger partial charge on any atom is -0.392 e. The molecule has 6 atom stereocenters. The minimum absolute atomic E-state index is 0.00333. The quantitative estimate of drug-likeness (QED) is 0.223. The van der Waals surface area contributed by atoms with E-state index in [1.165, 1.54) is 38.5 Å². The number of carbonyl (C=O) groups excluding carboxylic acids is 2. The number of likely N-dealkylation sites (tertiary alicyclic amines) is 1. The number of ether oxygens (including phenoxy) is 2. The summed E-state index contributed by atoms with van der Waals surface area (Å²) in [5.41, 5.74) is 3.22. The summed E-state index contributed by atoms with van der Waals surface area (Å²) in [5.74, 6) is 3.04. The SMILES string of the molecule is CC(C)(C)NC(=O)[C@H]1CC[C@H]2CCCC[C@H]2N1C[C@H]1C[C@@H](c2ccc(CO)cc2)O[C@@H](c2ccc(NC(=O)NC34CC5CC(CC(C5)C3)C4)cc2)O1. The van der Waals surface area contributed by atoms with Gasteiger partial charge in [0.25, 0.3) is 0 Å². The lowest BCUT2D eigenvalue weighted by molar-refractivity contribution is -0.255. The van der Waals surface area contributed by atoms with Gasteiger partial charge < -0.3 is 30.5 Å². The molecule has 0 unspecified atom stereocenters. The summed E-state index contributed by atoms with van der Waals surface area (Å²) < 4.78 is 13.5. The van der Waals surface area contributed by atoms with E-state index in [0.29, 0.717) is 24.9 Å². The van der Waals surface area contributed by atoms with Gasteiger partial charge in [-0.3, -0.25) is 9.69 Å². The number of hydrogen-bond donors (Lipinski definition) is 4. The number of aliphatic hydroxyl groups is 1. The fraction of sp³-hybridized carbons (Fsp3) is 0.674. The number of carbonyl (C=O) groups is 2. The smallest absolute Gasteiger partial charge is 0.319 e. The molecular formula is C43H60N4O5. The molecule has 4 N–H and O–H groups in total. The Labute approximate surface area is 310 Å². The standard InChI is InChI=1S/C43H60N4O5/c1-42(2,3)45-39(49)37-17-14-31-6-4-5-7-36(31)47(37)25-35-21-38(32-10-8-27(26-48)9-11-32)52-40(51-35)33-12-15-34(16-13-33)44-41(50)46-43-22-28-18-29(23-43)20-30(19-28)24-43/h8-13,15-16,28-31,35-38,40,48H,4-7,14,17-26H2,1-3H3,(H,45,49)(H2,44,46,50)/t28?,29?,30?,31-,35-,36-,37-,38+,40+,43?/m1/s1. The molecule has 7 fully saturated rings. The van der Waals surface area contributed by atoms with Crippen LogP contribution in [0.4, 0.5) is 10.5 Å². The summed E-state index contributed by atoms with van der Waals surface area (Å²) in [6.45, 7) is 6.82. The monoisotopic (exact) mass is 712 g/mol. The zero-order valence-electron chi connectivity index (χ0n) is 31.4. The fourth-order valence-electron chi connectivity index (χ4n) is 11.4. The highest BCUT2D eigenvalue weighted by atomic mass is 16.7. The van der Waals surface area contributed by atoms with Crippen LogP contribution >= 0.6 is 0 Å². The Balaban J connectivity index is 0.991. The number of fused-ring (bicyclic) bond motifs is 1. The highest BCUT2D eigenvalue weighted by molar-refractivity contribution is 5.89. The van der Waals surface area contributed by atoms with Gasteiger partial charge in [-0.15, -0.1) is 0 Å². The molecule has 7 aliphatic rings. The van der Waals surface area contributed by atoms with Crippen LogP contribution in [0, 0.1) is 23.7 Å². The van der Waals surface area contributed by atoms with E-state index in [4.69, 9.17) is 9.47 Å². The molecule has 3 amide bonds. The van der Waals surface area contributed by atoms with Crippen molar-refractivity contribution in [3.63, 3.8) is 0 Å². The second-order valence-corrected chi connectivity index (χ2v) is 18.4. The number of benzene rings is 2. The van der Waals surface area contributed by atoms with Crippen molar-refractivity contribution in [1.82, 2.24) is 15.5 Å². The minimum atomic E-state index is -0.607. The molecule has 9 nitrogen and oxygen atoms in total. The third-order valence-electron chi connectivity index (χ3n) is 13.2. The van der Waals surface area contributed by atoms with Gasteiger partial charge in [-0.05, 0) is 132 Å². The molecule has 9 rings (SSSR count). The number of piperidine rings is 1. The molecule has 0 radical (unpaired) electrons. The third-order valence-corrected chi connectivity index (χ3v) is 13.2. The van der Waals surface area contributed by atoms with Gasteiger partial charge in [0.1, 0.15) is 0 Å². The zero-order chi connectivity index (χ0) is 36.0. The van der Waals surface area contributed by atoms with E-state index in [1.807, 2.05) is 48.5 Å². The molecule has 2 saturated heterocycles. The van der Waals surface area contributed by atoms with Gasteiger partial charge in [0.2, 0.25) is 5.91 Å². The first-order chi connectivity index (χ1) is 25.0. The molecule has 0 spiro atoms. The molecule has 0 aromatic heterocycles. The summed E-state index contributed by atoms with van der Waals surface area (Å²) in [5, 5.41) is 19.5. The van der Waals surface area contributed by atoms with Crippen LogP contribution in [0.5, 0.6) is 0 Å². The number of amides is 3. The van der Waals surface area contributed by atoms with Crippen LogP contribution in [-0.4, -0.2) is 57.8 Å². The number of nitrogens with zero attached hydrogens (tertiary/aromatic N) is 1. The third kappa shape index (κ3) is 7.94. The predicted octanol–water partition coefficient (Wildman–Crippen LogP) is 7.75. The molecule has 52 heavy (non-hydrogen) atoms. The predicted molar refractivity (Wildman–Crippen MR) is 201 cm³/mol. The lowest BCUT2D eigenvalue weighted by Gasteiger charge is -2.56. The molecule has 282 valence electrons. The fourth-order valence-corrected chi connectivity index (χ4v) is 11.4. The van der Waals surface area contributed by atoms with Crippen LogP contribution in [-0.2, 0) is 20.9 Å². The Morgan fingerprint density at radius 2 is 1.48 bits per heavy atom. The topological polar surface area (TPSA) is 112 Å². The summed E-state index contributed by atoms with van der Waals surface area (Å²) in [4.78, 5) is 29.6. The molecule has 5 aliphatic carbocycles. The highest BCUT2D eigenvalue weighted by Crippen LogP contribution is 2.55. The van der Waals surface area contributed by atoms with Crippen LogP contribution in [0.3, 0.4) is 0 Å². The first-order valence-corrected chi connectivity index (χ1v) is 20.3. The first-order valence-electron chi connectivity index (χ1n) is 20.3. The van der Waals surface area contributed by atoms with Crippen LogP contribution in [0.1, 0.15) is 133 Å². The van der Waals surface area contributed by atoms with Gasteiger partial charge in [-0.1, -0.05) is 49.2 Å². The Hall–Kier alpha value is -2.98. The second kappa shape index (κ2) is 14.7. The van der Waals surface area contributed by atoms with E-state index in [9.17, 15) is 14.7 Å². The Kier molecular flexibility index (Phi) is 10.2. The van der Waals surface area contributed by atoms with Crippen molar-refractivity contribution < 1.29 is 24.2 Å². The van der Waals surface area contributed by atoms with Crippen LogP contribution in [0.15, 0.2) is 48.5 Å². The van der Waals surface area contributed by atoms with Crippen LogP contribution in [0.25, 0.3) is 0 Å². The zero-order valence-corrected chi connectivity index (χ0v) is 31.4. The summed E-state index contributed by atoms with van der Waals surface area (Å²) >= 11 is 0. The van der Waals surface area contributed by atoms with Crippen molar-refractivity contribution in [2.45, 2.75) is 153 Å². The molecule has 4 bridgehead atoms. The molecular weight excluding hydrogens is 652 g/mol. The normalized spacial score (nSPS) is 35.8. The number of rotatable bonds is 8. The van der Waals surface area contributed by atoms with Crippen LogP contribution in [0.2, 0.25) is 0 Å². The molecule has 9 heteroatoms. The average molecular weight is 713 g/mol. The van der Waals surface area contributed by atoms with Crippen molar-refractivity contribution in [1.29, 1.82) is 0 Å². The maximum Gasteiger partial charge on any atom is 0.319 e. The van der Waals surface area contributed by atoms with Gasteiger partial charge in [0, 0.05) is 41.3 Å². The van der Waals surface area contributed by atoms with E-state index < -0.39 is 6.29 Å². The largest absolute Gasteiger partial charge is 0.392 e. The molecule has 2 aromatic carbocycles. The highest BCUT2D eigenvalue weighted by Gasteiger charge is 2.51. The number of aliphatic hydroxyl groups excluding tert-OH is 1. The van der Waals surface area contributed by atoms with Crippen molar-refractivity contribution in [3.05, 3.63) is 65.2 Å². The van der Waals surface area contributed by atoms with E-state index in [2.05, 4.69) is 41.6 Å². The van der Waals surface area contributed by atoms with Crippen molar-refractivity contribution in [3.8, 4) is 0 Å². The molecule has 2 aliphatic heterocycles. The Morgan fingerprint density at radius 1 is 0.827 bits per heavy atom. The summed E-state index contributed by atoms with van der Waals surface area (Å²) in [6.07, 6.45) is 13.9. The van der Waals surface area contributed by atoms with Gasteiger partial charge in [-0.2, -0.15) is 0 Å². The van der Waals surface area contributed by atoms with E-state index in [-0.39, 0.29) is 47.9 Å². The van der Waals surface area contributed by atoms with E-state index >= 15 is 0 Å². The lowest BCUT2D eigenvalue weighted by Crippen LogP contribution is -2.61. The Morgan fingerprint density at radius 3 is 2.13 bits per heavy atom. The first kappa shape index (κ1) is 36.0. The summed E-state index contributed by atoms with van der Waals surface area (Å²) in [7, 11) is 0. The van der Waals surface area contributed by atoms with Crippen LogP contribution < -0.4 is 16.0 Å². The number of urea groups is 1. The van der Waals surface area contributed by atoms with Crippen molar-refractivity contribution >= 4 is 17.6 Å². The van der Waals surface area contributed by atoms with Gasteiger partial charge >= 0.3 is 6.03 Å². The molecule has 5 saturated carbocycles. The Bertz CT molecular complexity index is 1540. The van der Waals surface area contributed by atoms with E-state index in [0.717, 1.165) is 78.7 Å². The molecule has 2 heterocycles. The average Bonchev–Trinajstić information content (AvgIpc) is 3.10. The van der Waals surface area contributed by atoms with Gasteiger partial charge in [-0.25, -0.2) is 4.79 Å². The molecule has 2 aromatic rings. The lowest BCUT2D eigenvalue weighted by atomic mass is 9.53. The van der Waals surface area contributed by atoms with E-state index in [1.54, 1.807) is 0 Å². The van der Waals surface area contributed by atoms with Gasteiger partial charge in [0.15, 0.2) is 6.29 Å². The summed E-state index contributed by atoms with van der Waals surface area (Å²) in [6, 6.07) is 16.0. The maximum atomic E-state index is 13.8. The second-order valence-electron chi connectivity index (χ2n) is 18.4. The maximum absolute atomic E-state index is 13.8.